The van der Waals surface area contributed by atoms with Crippen molar-refractivity contribution >= 4 is 5.97 Å². The summed E-state index contributed by atoms with van der Waals surface area (Å²) < 4.78 is 4.70. The van der Waals surface area contributed by atoms with Gasteiger partial charge in [0.2, 0.25) is 0 Å². The maximum atomic E-state index is 10.1. The van der Waals surface area contributed by atoms with Gasteiger partial charge in [0, 0.05) is 13.7 Å². The Morgan fingerprint density at radius 1 is 1.78 bits per heavy atom. The normalized spacial score (nSPS) is 13.1. The zero-order valence-electron chi connectivity index (χ0n) is 5.76. The summed E-state index contributed by atoms with van der Waals surface area (Å²) in [5, 5.41) is 8.35. The van der Waals surface area contributed by atoms with E-state index in [0.717, 1.165) is 0 Å². The van der Waals surface area contributed by atoms with Crippen LogP contribution in [0, 0.1) is 5.92 Å². The minimum absolute atomic E-state index is 0.287. The van der Waals surface area contributed by atoms with Crippen molar-refractivity contribution < 1.29 is 14.6 Å². The van der Waals surface area contributed by atoms with E-state index in [-0.39, 0.29) is 5.92 Å². The average Bonchev–Trinajstić information content (AvgIpc) is 1.82. The fourth-order valence-corrected chi connectivity index (χ4v) is 0.418. The van der Waals surface area contributed by atoms with Crippen molar-refractivity contribution in [3.05, 3.63) is 0 Å². The molecule has 0 saturated heterocycles. The van der Waals surface area contributed by atoms with Crippen LogP contribution in [-0.4, -0.2) is 24.8 Å². The highest BCUT2D eigenvalue weighted by atomic mass is 16.5. The molecule has 0 bridgehead atoms. The van der Waals surface area contributed by atoms with Crippen molar-refractivity contribution in [2.24, 2.45) is 5.92 Å². The smallest absolute Gasteiger partial charge is 0.306 e. The number of aliphatic carboxylic acids is 1. The fourth-order valence-electron chi connectivity index (χ4n) is 0.418. The lowest BCUT2D eigenvalue weighted by atomic mass is 10.1. The lowest BCUT2D eigenvalue weighted by Crippen LogP contribution is -2.11. The molecule has 9 heavy (non-hydrogen) atoms. The summed E-state index contributed by atoms with van der Waals surface area (Å²) in [5.74, 6) is -1.04. The van der Waals surface area contributed by atoms with Gasteiger partial charge in [0.15, 0.2) is 0 Å². The van der Waals surface area contributed by atoms with Gasteiger partial charge in [-0.3, -0.25) is 4.79 Å². The van der Waals surface area contributed by atoms with Crippen molar-refractivity contribution in [2.45, 2.75) is 13.3 Å². The number of carboxylic acids is 1. The Kier molecular flexibility index (Phi) is 4.05. The number of hydrogen-bond donors (Lipinski definition) is 1. The number of carboxylic acid groups (broad SMARTS) is 1. The molecule has 0 saturated carbocycles. The van der Waals surface area contributed by atoms with Gasteiger partial charge < -0.3 is 9.84 Å². The van der Waals surface area contributed by atoms with Gasteiger partial charge in [-0.05, 0) is 6.42 Å². The average molecular weight is 132 g/mol. The van der Waals surface area contributed by atoms with E-state index < -0.39 is 5.97 Å². The number of hydrogen-bond acceptors (Lipinski definition) is 2. The molecule has 0 spiro atoms. The first-order valence-corrected chi connectivity index (χ1v) is 2.90. The van der Waals surface area contributed by atoms with Gasteiger partial charge in [0.1, 0.15) is 0 Å². The minimum Gasteiger partial charge on any atom is -0.481 e. The first-order valence-electron chi connectivity index (χ1n) is 2.90. The summed E-state index contributed by atoms with van der Waals surface area (Å²) in [6.07, 6.45) is 0.589. The van der Waals surface area contributed by atoms with E-state index in [1.54, 1.807) is 14.0 Å². The fraction of sp³-hybridized carbons (Fsp3) is 0.833. The maximum Gasteiger partial charge on any atom is 0.306 e. The lowest BCUT2D eigenvalue weighted by molar-refractivity contribution is -0.141. The number of methoxy groups -OCH3 is 1. The van der Waals surface area contributed by atoms with Crippen molar-refractivity contribution in [1.29, 1.82) is 0 Å². The second-order valence-electron chi connectivity index (χ2n) is 2.02. The number of rotatable bonds is 4. The molecular weight excluding hydrogens is 120 g/mol. The highest BCUT2D eigenvalue weighted by Crippen LogP contribution is 2.00. The monoisotopic (exact) mass is 132 g/mol. The van der Waals surface area contributed by atoms with Crippen molar-refractivity contribution in [3.63, 3.8) is 0 Å². The highest BCUT2D eigenvalue weighted by molar-refractivity contribution is 5.69. The van der Waals surface area contributed by atoms with E-state index in [4.69, 9.17) is 9.84 Å². The van der Waals surface area contributed by atoms with Crippen LogP contribution in [0.3, 0.4) is 0 Å². The molecule has 0 aliphatic rings. The first-order chi connectivity index (χ1) is 4.18. The van der Waals surface area contributed by atoms with E-state index in [0.29, 0.717) is 13.0 Å². The van der Waals surface area contributed by atoms with Crippen molar-refractivity contribution in [3.8, 4) is 0 Å². The lowest BCUT2D eigenvalue weighted by Gasteiger charge is -2.02. The van der Waals surface area contributed by atoms with Gasteiger partial charge in [0.25, 0.3) is 0 Å². The summed E-state index contributed by atoms with van der Waals surface area (Å²) in [4.78, 5) is 10.1. The molecule has 3 heteroatoms. The second-order valence-corrected chi connectivity index (χ2v) is 2.02. The maximum absolute atomic E-state index is 10.1. The molecular formula is C6H12O3. The Morgan fingerprint density at radius 3 is 2.67 bits per heavy atom. The van der Waals surface area contributed by atoms with Gasteiger partial charge in [-0.15, -0.1) is 0 Å². The molecule has 0 fully saturated rings. The van der Waals surface area contributed by atoms with E-state index in [1.165, 1.54) is 0 Å². The molecule has 0 amide bonds. The Bertz CT molecular complexity index is 90.3. The van der Waals surface area contributed by atoms with E-state index in [2.05, 4.69) is 0 Å². The Hall–Kier alpha value is -0.570. The van der Waals surface area contributed by atoms with Gasteiger partial charge in [0.05, 0.1) is 5.92 Å². The van der Waals surface area contributed by atoms with Crippen LogP contribution in [0.2, 0.25) is 0 Å². The minimum atomic E-state index is -0.757. The predicted octanol–water partition coefficient (Wildman–Crippen LogP) is 0.744. The third kappa shape index (κ3) is 3.97. The van der Waals surface area contributed by atoms with Crippen LogP contribution in [0.15, 0.2) is 0 Å². The van der Waals surface area contributed by atoms with Gasteiger partial charge in [-0.25, -0.2) is 0 Å². The van der Waals surface area contributed by atoms with Crippen molar-refractivity contribution in [2.75, 3.05) is 13.7 Å². The molecule has 0 aromatic rings. The summed E-state index contributed by atoms with van der Waals surface area (Å²) in [7, 11) is 1.56. The van der Waals surface area contributed by atoms with Crippen LogP contribution >= 0.6 is 0 Å². The van der Waals surface area contributed by atoms with Crippen LogP contribution in [0.5, 0.6) is 0 Å². The van der Waals surface area contributed by atoms with Gasteiger partial charge in [-0.2, -0.15) is 0 Å². The summed E-state index contributed by atoms with van der Waals surface area (Å²) >= 11 is 0. The molecule has 54 valence electrons. The number of carbonyl (C=O) groups is 1. The summed E-state index contributed by atoms with van der Waals surface area (Å²) in [6.45, 7) is 2.19. The highest BCUT2D eigenvalue weighted by Gasteiger charge is 2.08. The van der Waals surface area contributed by atoms with Gasteiger partial charge in [-0.1, -0.05) is 6.92 Å². The third-order valence-corrected chi connectivity index (χ3v) is 1.18. The molecule has 0 aromatic carbocycles. The Balaban J connectivity index is 3.27. The SMILES string of the molecule is COCC[C@@H](C)C(=O)O. The largest absolute Gasteiger partial charge is 0.481 e. The molecule has 0 rings (SSSR count). The first kappa shape index (κ1) is 8.43. The summed E-state index contributed by atoms with van der Waals surface area (Å²) in [5.41, 5.74) is 0. The molecule has 0 aliphatic heterocycles. The Morgan fingerprint density at radius 2 is 2.33 bits per heavy atom. The van der Waals surface area contributed by atoms with Crippen LogP contribution in [0.25, 0.3) is 0 Å². The predicted molar refractivity (Wildman–Crippen MR) is 33.3 cm³/mol. The third-order valence-electron chi connectivity index (χ3n) is 1.18. The van der Waals surface area contributed by atoms with Gasteiger partial charge >= 0.3 is 5.97 Å². The Labute approximate surface area is 54.6 Å². The van der Waals surface area contributed by atoms with Crippen LogP contribution in [0.1, 0.15) is 13.3 Å². The molecule has 0 aromatic heterocycles. The molecule has 3 nitrogen and oxygen atoms in total. The quantitative estimate of drug-likeness (QED) is 0.613. The number of ether oxygens (including phenoxy) is 1. The van der Waals surface area contributed by atoms with E-state index in [9.17, 15) is 4.79 Å². The molecule has 0 aliphatic carbocycles. The molecule has 0 unspecified atom stereocenters. The van der Waals surface area contributed by atoms with Crippen LogP contribution < -0.4 is 0 Å². The zero-order chi connectivity index (χ0) is 7.28. The topological polar surface area (TPSA) is 46.5 Å². The molecule has 1 atom stereocenters. The molecule has 1 N–H and O–H groups in total. The summed E-state index contributed by atoms with van der Waals surface area (Å²) in [6, 6.07) is 0. The second kappa shape index (κ2) is 4.32. The van der Waals surface area contributed by atoms with Crippen LogP contribution in [0.4, 0.5) is 0 Å². The molecule has 0 heterocycles. The van der Waals surface area contributed by atoms with E-state index in [1.807, 2.05) is 0 Å². The van der Waals surface area contributed by atoms with E-state index >= 15 is 0 Å². The zero-order valence-corrected chi connectivity index (χ0v) is 5.76. The molecule has 0 radical (unpaired) electrons. The standard InChI is InChI=1S/C6H12O3/c1-5(6(7)8)3-4-9-2/h5H,3-4H2,1-2H3,(H,7,8)/t5-/m1/s1. The van der Waals surface area contributed by atoms with Crippen LogP contribution in [-0.2, 0) is 9.53 Å². The van der Waals surface area contributed by atoms with Crippen molar-refractivity contribution in [1.82, 2.24) is 0 Å².